The van der Waals surface area contributed by atoms with Gasteiger partial charge in [-0.3, -0.25) is 4.79 Å². The van der Waals surface area contributed by atoms with Gasteiger partial charge in [-0.1, -0.05) is 27.9 Å². The lowest BCUT2D eigenvalue weighted by molar-refractivity contribution is 0.0929. The predicted octanol–water partition coefficient (Wildman–Crippen LogP) is 5.70. The summed E-state index contributed by atoms with van der Waals surface area (Å²) in [5.41, 5.74) is 4.73. The van der Waals surface area contributed by atoms with Gasteiger partial charge in [0, 0.05) is 15.4 Å². The zero-order valence-corrected chi connectivity index (χ0v) is 21.0. The molecule has 0 aliphatic heterocycles. The first-order valence-corrected chi connectivity index (χ1v) is 11.5. The number of allylic oxidation sites excluding steroid dienone is 1. The van der Waals surface area contributed by atoms with Gasteiger partial charge in [0.25, 0.3) is 0 Å². The van der Waals surface area contributed by atoms with Crippen molar-refractivity contribution < 1.29 is 18.7 Å². The van der Waals surface area contributed by atoms with E-state index in [2.05, 4.69) is 61.5 Å². The molecule has 1 aromatic heterocycles. The molecular weight excluding hydrogens is 587 g/mol. The maximum Gasteiger partial charge on any atom is 0.307 e. The second-order valence-electron chi connectivity index (χ2n) is 6.54. The van der Waals surface area contributed by atoms with E-state index >= 15 is 0 Å². The highest BCUT2D eigenvalue weighted by Crippen LogP contribution is 2.33. The van der Waals surface area contributed by atoms with E-state index in [1.54, 1.807) is 18.2 Å². The van der Waals surface area contributed by atoms with Gasteiger partial charge in [-0.25, -0.2) is 5.43 Å². The summed E-state index contributed by atoms with van der Waals surface area (Å²) >= 11 is 5.61. The van der Waals surface area contributed by atoms with Crippen LogP contribution in [0, 0.1) is 15.9 Å². The van der Waals surface area contributed by atoms with Crippen LogP contribution in [0.2, 0.25) is 0 Å². The van der Waals surface area contributed by atoms with Crippen molar-refractivity contribution in [2.75, 3.05) is 13.2 Å². The number of fused-ring (bicyclic) bond motifs is 1. The van der Waals surface area contributed by atoms with E-state index in [1.807, 2.05) is 25.1 Å². The number of halogens is 2. The van der Waals surface area contributed by atoms with Gasteiger partial charge in [-0.05, 0) is 71.8 Å². The number of carbonyl (C=O) groups is 1. The molecule has 0 saturated carbocycles. The van der Waals surface area contributed by atoms with Gasteiger partial charge in [-0.15, -0.1) is 13.0 Å². The van der Waals surface area contributed by atoms with E-state index in [0.29, 0.717) is 30.1 Å². The highest BCUT2D eigenvalue weighted by atomic mass is 127. The molecular formula is C24H20BrIN2O4. The van der Waals surface area contributed by atoms with Gasteiger partial charge >= 0.3 is 5.91 Å². The molecule has 0 unspecified atom stereocenters. The molecule has 0 fully saturated rings. The lowest BCUT2D eigenvalue weighted by Crippen LogP contribution is -2.16. The number of furan rings is 1. The average molecular weight is 607 g/mol. The zero-order chi connectivity index (χ0) is 23.1. The molecule has 2 aromatic carbocycles. The number of carbonyl (C=O) groups excluding carboxylic acids is 1. The number of ether oxygens (including phenoxy) is 2. The molecule has 32 heavy (non-hydrogen) atoms. The van der Waals surface area contributed by atoms with Crippen LogP contribution in [-0.4, -0.2) is 25.3 Å². The number of rotatable bonds is 9. The van der Waals surface area contributed by atoms with E-state index in [1.165, 1.54) is 6.21 Å². The van der Waals surface area contributed by atoms with Gasteiger partial charge < -0.3 is 13.9 Å². The van der Waals surface area contributed by atoms with E-state index < -0.39 is 5.91 Å². The molecule has 0 aliphatic carbocycles. The van der Waals surface area contributed by atoms with Crippen LogP contribution in [0.3, 0.4) is 0 Å². The summed E-state index contributed by atoms with van der Waals surface area (Å²) < 4.78 is 18.9. The van der Waals surface area contributed by atoms with Crippen molar-refractivity contribution in [1.82, 2.24) is 5.43 Å². The minimum Gasteiger partial charge on any atom is -0.490 e. The normalized spacial score (nSPS) is 10.8. The fraction of sp³-hybridized carbons (Fsp3) is 0.167. The van der Waals surface area contributed by atoms with Crippen molar-refractivity contribution in [2.45, 2.75) is 13.3 Å². The molecule has 1 N–H and O–H groups in total. The highest BCUT2D eigenvalue weighted by molar-refractivity contribution is 14.1. The molecule has 0 radical (unpaired) electrons. The topological polar surface area (TPSA) is 73.1 Å². The maximum atomic E-state index is 12.5. The van der Waals surface area contributed by atoms with E-state index in [-0.39, 0.29) is 12.4 Å². The van der Waals surface area contributed by atoms with Crippen molar-refractivity contribution in [3.63, 3.8) is 0 Å². The molecule has 0 aliphatic rings. The summed E-state index contributed by atoms with van der Waals surface area (Å²) in [5.74, 6) is 3.31. The lowest BCUT2D eigenvalue weighted by atomic mass is 10.1. The number of hydrazone groups is 1. The summed E-state index contributed by atoms with van der Waals surface area (Å²) in [6, 6.07) is 9.15. The van der Waals surface area contributed by atoms with E-state index in [0.717, 1.165) is 24.6 Å². The molecule has 8 heteroatoms. The Kier molecular flexibility index (Phi) is 8.36. The third-order valence-electron chi connectivity index (χ3n) is 4.26. The Bertz CT molecular complexity index is 1230. The summed E-state index contributed by atoms with van der Waals surface area (Å²) in [4.78, 5) is 12.5. The number of hydrogen-bond acceptors (Lipinski definition) is 5. The standard InChI is InChI=1S/C24H20BrIN2O4/c1-4-7-16-9-15(10-20(30-6-3)23(16)31-8-5-2)14-27-28-24(29)21-12-17-11-18(25)13-19(26)22(17)32-21/h2,4,9-14H,1,6-8H2,3H3,(H,28,29)/b27-14-. The van der Waals surface area contributed by atoms with Crippen LogP contribution in [0.25, 0.3) is 11.0 Å². The average Bonchev–Trinajstić information content (AvgIpc) is 3.18. The summed E-state index contributed by atoms with van der Waals surface area (Å²) in [6.45, 7) is 6.25. The Labute approximate surface area is 208 Å². The lowest BCUT2D eigenvalue weighted by Gasteiger charge is -2.15. The van der Waals surface area contributed by atoms with Crippen LogP contribution in [0.4, 0.5) is 0 Å². The summed E-state index contributed by atoms with van der Waals surface area (Å²) in [7, 11) is 0. The molecule has 0 bridgehead atoms. The van der Waals surface area contributed by atoms with Gasteiger partial charge in [-0.2, -0.15) is 5.10 Å². The molecule has 1 heterocycles. The van der Waals surface area contributed by atoms with Crippen LogP contribution in [0.1, 0.15) is 28.6 Å². The summed E-state index contributed by atoms with van der Waals surface area (Å²) in [6.07, 6.45) is 9.18. The first-order valence-electron chi connectivity index (χ1n) is 9.65. The third kappa shape index (κ3) is 5.72. The number of nitrogens with one attached hydrogen (secondary N) is 1. The Morgan fingerprint density at radius 1 is 1.34 bits per heavy atom. The maximum absolute atomic E-state index is 12.5. The first kappa shape index (κ1) is 23.9. The number of amides is 1. The largest absolute Gasteiger partial charge is 0.490 e. The molecule has 6 nitrogen and oxygen atoms in total. The minimum atomic E-state index is -0.449. The SMILES string of the molecule is C#CCOc1c(CC=C)cc(/C=N\NC(=O)c2cc3cc(Br)cc(I)c3o2)cc1OCC. The van der Waals surface area contributed by atoms with Crippen LogP contribution < -0.4 is 14.9 Å². The fourth-order valence-electron chi connectivity index (χ4n) is 3.01. The Hall–Kier alpha value is -2.77. The molecule has 1 amide bonds. The van der Waals surface area contributed by atoms with E-state index in [9.17, 15) is 4.79 Å². The first-order chi connectivity index (χ1) is 15.5. The predicted molar refractivity (Wildman–Crippen MR) is 138 cm³/mol. The van der Waals surface area contributed by atoms with Crippen molar-refractivity contribution in [1.29, 1.82) is 0 Å². The fourth-order valence-corrected chi connectivity index (χ4v) is 4.67. The zero-order valence-electron chi connectivity index (χ0n) is 17.3. The Morgan fingerprint density at radius 3 is 2.88 bits per heavy atom. The Morgan fingerprint density at radius 2 is 2.16 bits per heavy atom. The van der Waals surface area contributed by atoms with Crippen LogP contribution >= 0.6 is 38.5 Å². The van der Waals surface area contributed by atoms with Gasteiger partial charge in [0.1, 0.15) is 12.2 Å². The van der Waals surface area contributed by atoms with E-state index in [4.69, 9.17) is 20.3 Å². The number of terminal acetylenes is 1. The number of nitrogens with zero attached hydrogens (tertiary/aromatic N) is 1. The van der Waals surface area contributed by atoms with Crippen molar-refractivity contribution in [2.24, 2.45) is 5.10 Å². The second-order valence-corrected chi connectivity index (χ2v) is 8.62. The van der Waals surface area contributed by atoms with Crippen LogP contribution in [0.5, 0.6) is 11.5 Å². The molecule has 0 spiro atoms. The smallest absolute Gasteiger partial charge is 0.307 e. The quantitative estimate of drug-likeness (QED) is 0.111. The molecule has 3 rings (SSSR count). The highest BCUT2D eigenvalue weighted by Gasteiger charge is 2.15. The van der Waals surface area contributed by atoms with Crippen LogP contribution in [-0.2, 0) is 6.42 Å². The van der Waals surface area contributed by atoms with Crippen LogP contribution in [0.15, 0.2) is 57.0 Å². The van der Waals surface area contributed by atoms with Gasteiger partial charge in [0.05, 0.1) is 16.4 Å². The number of benzene rings is 2. The van der Waals surface area contributed by atoms with Gasteiger partial charge in [0.2, 0.25) is 0 Å². The molecule has 3 aromatic rings. The Balaban J connectivity index is 1.82. The molecule has 164 valence electrons. The summed E-state index contributed by atoms with van der Waals surface area (Å²) in [5, 5.41) is 4.90. The molecule has 0 saturated heterocycles. The molecule has 0 atom stereocenters. The second kappa shape index (κ2) is 11.2. The monoisotopic (exact) mass is 606 g/mol. The van der Waals surface area contributed by atoms with Crippen molar-refractivity contribution in [3.05, 3.63) is 67.9 Å². The van der Waals surface area contributed by atoms with Crippen molar-refractivity contribution >= 4 is 61.6 Å². The number of hydrogen-bond donors (Lipinski definition) is 1. The minimum absolute atomic E-state index is 0.126. The third-order valence-corrected chi connectivity index (χ3v) is 5.52. The van der Waals surface area contributed by atoms with Crippen molar-refractivity contribution in [3.8, 4) is 23.8 Å². The van der Waals surface area contributed by atoms with Gasteiger partial charge in [0.15, 0.2) is 17.3 Å².